The van der Waals surface area contributed by atoms with E-state index in [1.165, 1.54) is 11.8 Å². The fourth-order valence-electron chi connectivity index (χ4n) is 6.71. The number of thiazole rings is 1. The third-order valence-electron chi connectivity index (χ3n) is 10.4. The van der Waals surface area contributed by atoms with Crippen LogP contribution in [0, 0.1) is 11.8 Å². The number of aromatic nitrogens is 1. The molecule has 1 aromatic heterocycles. The number of allylic oxidation sites excluding steroid dienone is 1. The highest BCUT2D eigenvalue weighted by molar-refractivity contribution is 7.90. The first-order valence-corrected chi connectivity index (χ1v) is 21.9. The molecule has 4 amide bonds. The van der Waals surface area contributed by atoms with E-state index in [0.717, 1.165) is 41.9 Å². The Hall–Kier alpha value is -4.15. The number of hydrogen-bond acceptors (Lipinski definition) is 11. The summed E-state index contributed by atoms with van der Waals surface area (Å²) in [6.45, 7) is 11.2. The lowest BCUT2D eigenvalue weighted by atomic mass is 9.95. The van der Waals surface area contributed by atoms with Crippen molar-refractivity contribution >= 4 is 51.0 Å². The Morgan fingerprint density at radius 2 is 1.71 bits per heavy atom. The van der Waals surface area contributed by atoms with Gasteiger partial charge >= 0.3 is 5.97 Å². The summed E-state index contributed by atoms with van der Waals surface area (Å²) in [4.78, 5) is 72.5. The van der Waals surface area contributed by atoms with Crippen LogP contribution in [0.3, 0.4) is 0 Å². The smallest absolute Gasteiger partial charge is 0.303 e. The molecular formula is C40H58N6O8S2. The molecule has 0 spiro atoms. The van der Waals surface area contributed by atoms with Crippen molar-refractivity contribution < 1.29 is 37.1 Å². The third-order valence-corrected chi connectivity index (χ3v) is 13.2. The minimum atomic E-state index is -3.72. The SMILES string of the molecule is CC[C@H](C)[C@H](NC(=O)[C@H]1CCCCN1)C(=O)N(C)C(C[C@@H](OC(C)=O)c1nc(C(=O)N[C@@H](Cc2ccccc2)C[C@H](C)C(=O)NS(=O)(=O)C2CC2)cs1)=C(C)C. The summed E-state index contributed by atoms with van der Waals surface area (Å²) in [6, 6.07) is 7.74. The van der Waals surface area contributed by atoms with Crippen LogP contribution < -0.4 is 20.7 Å². The number of carbonyl (C=O) groups is 5. The molecule has 1 saturated heterocycles. The highest BCUT2D eigenvalue weighted by Gasteiger charge is 2.38. The minimum Gasteiger partial charge on any atom is -0.455 e. The largest absolute Gasteiger partial charge is 0.455 e. The number of carbonyl (C=O) groups excluding carboxylic acids is 5. The molecule has 14 nitrogen and oxygen atoms in total. The normalized spacial score (nSPS) is 18.3. The van der Waals surface area contributed by atoms with E-state index in [1.54, 1.807) is 19.4 Å². The van der Waals surface area contributed by atoms with Gasteiger partial charge in [0.1, 0.15) is 16.7 Å². The van der Waals surface area contributed by atoms with Crippen LogP contribution in [-0.2, 0) is 40.4 Å². The van der Waals surface area contributed by atoms with E-state index in [0.29, 0.717) is 42.8 Å². The van der Waals surface area contributed by atoms with Crippen LogP contribution in [0.4, 0.5) is 0 Å². The van der Waals surface area contributed by atoms with Crippen molar-refractivity contribution in [1.82, 2.24) is 30.6 Å². The van der Waals surface area contributed by atoms with Crippen LogP contribution in [0.15, 0.2) is 47.0 Å². The van der Waals surface area contributed by atoms with E-state index in [-0.39, 0.29) is 42.3 Å². The predicted molar refractivity (Wildman–Crippen MR) is 215 cm³/mol. The monoisotopic (exact) mass is 814 g/mol. The number of hydrogen-bond donors (Lipinski definition) is 4. The average Bonchev–Trinajstić information content (AvgIpc) is 3.92. The van der Waals surface area contributed by atoms with Gasteiger partial charge in [0.25, 0.3) is 5.91 Å². The molecule has 2 fully saturated rings. The van der Waals surface area contributed by atoms with Crippen LogP contribution in [0.5, 0.6) is 0 Å². The van der Waals surface area contributed by atoms with E-state index >= 15 is 0 Å². The number of sulfonamides is 1. The Labute approximate surface area is 335 Å². The van der Waals surface area contributed by atoms with Gasteiger partial charge in [0.05, 0.1) is 11.3 Å². The number of ether oxygens (including phenoxy) is 1. The molecule has 308 valence electrons. The fourth-order valence-corrected chi connectivity index (χ4v) is 8.94. The van der Waals surface area contributed by atoms with Gasteiger partial charge in [-0.1, -0.05) is 69.5 Å². The molecule has 4 N–H and O–H groups in total. The summed E-state index contributed by atoms with van der Waals surface area (Å²) in [7, 11) is -2.08. The molecule has 1 aromatic carbocycles. The fraction of sp³-hybridized carbons (Fsp3) is 0.600. The van der Waals surface area contributed by atoms with Gasteiger partial charge in [-0.2, -0.15) is 0 Å². The molecule has 0 unspecified atom stereocenters. The Kier molecular flexibility index (Phi) is 16.2. The predicted octanol–water partition coefficient (Wildman–Crippen LogP) is 4.54. The number of esters is 1. The molecule has 1 aliphatic heterocycles. The molecule has 16 heteroatoms. The number of likely N-dealkylation sites (N-methyl/N-ethyl adjacent to an activating group) is 1. The second-order valence-corrected chi connectivity index (χ2v) is 18.1. The zero-order valence-electron chi connectivity index (χ0n) is 33.6. The van der Waals surface area contributed by atoms with E-state index in [4.69, 9.17) is 4.74 Å². The second-order valence-electron chi connectivity index (χ2n) is 15.3. The maximum absolute atomic E-state index is 14.1. The van der Waals surface area contributed by atoms with Gasteiger partial charge in [-0.25, -0.2) is 13.4 Å². The molecule has 2 aliphatic rings. The maximum Gasteiger partial charge on any atom is 0.303 e. The maximum atomic E-state index is 14.1. The van der Waals surface area contributed by atoms with E-state index < -0.39 is 57.2 Å². The quantitative estimate of drug-likeness (QED) is 0.147. The van der Waals surface area contributed by atoms with Crippen molar-refractivity contribution in [3.63, 3.8) is 0 Å². The average molecular weight is 815 g/mol. The highest BCUT2D eigenvalue weighted by atomic mass is 32.2. The van der Waals surface area contributed by atoms with Crippen molar-refractivity contribution in [2.24, 2.45) is 11.8 Å². The molecule has 56 heavy (non-hydrogen) atoms. The summed E-state index contributed by atoms with van der Waals surface area (Å²) in [5, 5.41) is 10.6. The van der Waals surface area contributed by atoms with Crippen LogP contribution in [0.2, 0.25) is 0 Å². The van der Waals surface area contributed by atoms with Gasteiger partial charge in [-0.15, -0.1) is 11.3 Å². The van der Waals surface area contributed by atoms with Gasteiger partial charge in [0.2, 0.25) is 27.7 Å². The zero-order valence-corrected chi connectivity index (χ0v) is 35.2. The van der Waals surface area contributed by atoms with Crippen LogP contribution >= 0.6 is 11.3 Å². The first-order chi connectivity index (χ1) is 26.5. The molecule has 2 aromatic rings. The van der Waals surface area contributed by atoms with Crippen LogP contribution in [-0.4, -0.2) is 84.9 Å². The Morgan fingerprint density at radius 1 is 1.02 bits per heavy atom. The van der Waals surface area contributed by atoms with Crippen molar-refractivity contribution in [2.75, 3.05) is 13.6 Å². The Morgan fingerprint density at radius 3 is 2.30 bits per heavy atom. The van der Waals surface area contributed by atoms with Gasteiger partial charge in [-0.3, -0.25) is 28.7 Å². The van der Waals surface area contributed by atoms with Crippen molar-refractivity contribution in [3.05, 3.63) is 63.2 Å². The Balaban J connectivity index is 1.51. The van der Waals surface area contributed by atoms with E-state index in [9.17, 15) is 32.4 Å². The second kappa shape index (κ2) is 20.3. The summed E-state index contributed by atoms with van der Waals surface area (Å²) >= 11 is 1.14. The first-order valence-electron chi connectivity index (χ1n) is 19.5. The lowest BCUT2D eigenvalue weighted by Gasteiger charge is -2.33. The van der Waals surface area contributed by atoms with Gasteiger partial charge < -0.3 is 25.6 Å². The minimum absolute atomic E-state index is 0.0766. The lowest BCUT2D eigenvalue weighted by molar-refractivity contribution is -0.147. The molecular weight excluding hydrogens is 757 g/mol. The molecule has 0 radical (unpaired) electrons. The summed E-state index contributed by atoms with van der Waals surface area (Å²) in [6.07, 6.45) is 4.06. The number of amides is 4. The molecule has 0 bridgehead atoms. The molecule has 4 rings (SSSR count). The van der Waals surface area contributed by atoms with E-state index in [2.05, 4.69) is 25.7 Å². The highest BCUT2D eigenvalue weighted by Crippen LogP contribution is 2.32. The van der Waals surface area contributed by atoms with Gasteiger partial charge in [-0.05, 0) is 70.4 Å². The van der Waals surface area contributed by atoms with Crippen molar-refractivity contribution in [3.8, 4) is 0 Å². The molecule has 1 saturated carbocycles. The summed E-state index contributed by atoms with van der Waals surface area (Å²) in [5.41, 5.74) is 2.37. The Bertz CT molecular complexity index is 1830. The number of nitrogens with zero attached hydrogens (tertiary/aromatic N) is 2. The molecule has 6 atom stereocenters. The van der Waals surface area contributed by atoms with Gasteiger partial charge in [0.15, 0.2) is 6.10 Å². The number of rotatable bonds is 19. The topological polar surface area (TPSA) is 193 Å². The number of benzene rings is 1. The van der Waals surface area contributed by atoms with Crippen molar-refractivity contribution in [1.29, 1.82) is 0 Å². The summed E-state index contributed by atoms with van der Waals surface area (Å²) < 4.78 is 32.8. The van der Waals surface area contributed by atoms with Gasteiger partial charge in [0, 0.05) is 43.4 Å². The molecule has 2 heterocycles. The van der Waals surface area contributed by atoms with Crippen LogP contribution in [0.25, 0.3) is 0 Å². The summed E-state index contributed by atoms with van der Waals surface area (Å²) in [5.74, 6) is -3.08. The van der Waals surface area contributed by atoms with E-state index in [1.807, 2.05) is 58.0 Å². The number of nitrogens with one attached hydrogen (secondary N) is 4. The zero-order chi connectivity index (χ0) is 41.2. The van der Waals surface area contributed by atoms with Crippen molar-refractivity contribution in [2.45, 2.75) is 129 Å². The molecule has 1 aliphatic carbocycles. The van der Waals surface area contributed by atoms with Crippen LogP contribution in [0.1, 0.15) is 120 Å². The number of piperidine rings is 1. The standard InChI is InChI=1S/C40H58N6O8S2/c1-8-25(4)35(44-37(49)31-16-12-13-19-41-31)40(51)46(7)33(24(2)3)22-34(54-27(6)47)39-43-32(23-55-39)38(50)42-29(21-28-14-10-9-11-15-28)20-26(5)36(48)45-56(52,53)30-17-18-30/h9-11,14-15,23,25-26,29-31,34-35,41H,8,12-13,16-22H2,1-7H3,(H,42,50)(H,44,49)(H,45,48)/t25-,26-,29+,31+,34+,35-/m0/s1. The third kappa shape index (κ3) is 12.7. The lowest BCUT2D eigenvalue weighted by Crippen LogP contribution is -2.56. The first kappa shape index (κ1) is 44.6.